The molecular weight excluding hydrogens is 272 g/mol. The Labute approximate surface area is 122 Å². The molecule has 0 aliphatic heterocycles. The van der Waals surface area contributed by atoms with Crippen molar-refractivity contribution in [1.82, 2.24) is 0 Å². The summed E-state index contributed by atoms with van der Waals surface area (Å²) in [6.07, 6.45) is 2.63. The number of hydrogen-bond acceptors (Lipinski definition) is 5. The van der Waals surface area contributed by atoms with E-state index >= 15 is 0 Å². The van der Waals surface area contributed by atoms with Gasteiger partial charge in [0.25, 0.3) is 5.91 Å². The molecule has 110 valence electrons. The molecule has 0 saturated heterocycles. The number of benzene rings is 1. The number of rotatable bonds is 5. The number of carbonyl (C=O) groups excluding carboxylic acids is 2. The van der Waals surface area contributed by atoms with Crippen LogP contribution in [-0.4, -0.2) is 32.6 Å². The zero-order chi connectivity index (χ0) is 15.2. The first-order valence-corrected chi connectivity index (χ1v) is 6.33. The van der Waals surface area contributed by atoms with Crippen LogP contribution in [0, 0.1) is 0 Å². The first-order chi connectivity index (χ1) is 10.1. The monoisotopic (exact) mass is 288 g/mol. The molecule has 1 N–H and O–H groups in total. The number of anilines is 2. The molecule has 0 fully saturated rings. The lowest BCUT2D eigenvalue weighted by molar-refractivity contribution is -0.119. The van der Waals surface area contributed by atoms with Gasteiger partial charge in [-0.05, 0) is 30.3 Å². The number of furan rings is 1. The molecule has 0 unspecified atom stereocenters. The van der Waals surface area contributed by atoms with Crippen LogP contribution in [0.4, 0.5) is 11.4 Å². The number of amides is 1. The highest BCUT2D eigenvalue weighted by atomic mass is 16.5. The third-order valence-electron chi connectivity index (χ3n) is 2.76. The Kier molecular flexibility index (Phi) is 4.61. The highest BCUT2D eigenvalue weighted by Gasteiger charge is 2.11. The van der Waals surface area contributed by atoms with Gasteiger partial charge in [-0.25, -0.2) is 4.79 Å². The van der Waals surface area contributed by atoms with Crippen LogP contribution < -0.4 is 10.2 Å². The van der Waals surface area contributed by atoms with Crippen molar-refractivity contribution >= 4 is 23.3 Å². The van der Waals surface area contributed by atoms with Crippen molar-refractivity contribution in [2.75, 3.05) is 30.9 Å². The molecule has 0 aliphatic rings. The van der Waals surface area contributed by atoms with Gasteiger partial charge in [-0.3, -0.25) is 4.79 Å². The molecule has 6 nitrogen and oxygen atoms in total. The third kappa shape index (κ3) is 4.10. The standard InChI is InChI=1S/C15H16N2O4/c1-17(2)13-5-3-12(4-6-13)16-14(18)10-21-15(19)11-7-8-20-9-11/h3-9H,10H2,1-2H3,(H,16,18). The van der Waals surface area contributed by atoms with Crippen LogP contribution in [-0.2, 0) is 9.53 Å². The van der Waals surface area contributed by atoms with E-state index in [0.717, 1.165) is 5.69 Å². The summed E-state index contributed by atoms with van der Waals surface area (Å²) in [6, 6.07) is 8.80. The summed E-state index contributed by atoms with van der Waals surface area (Å²) in [6.45, 7) is -0.348. The molecule has 6 heteroatoms. The fraction of sp³-hybridized carbons (Fsp3) is 0.200. The number of ether oxygens (including phenoxy) is 1. The lowest BCUT2D eigenvalue weighted by atomic mass is 10.2. The summed E-state index contributed by atoms with van der Waals surface area (Å²) in [5, 5.41) is 2.65. The second-order valence-corrected chi connectivity index (χ2v) is 4.58. The van der Waals surface area contributed by atoms with E-state index in [2.05, 4.69) is 5.32 Å². The van der Waals surface area contributed by atoms with Gasteiger partial charge in [0.15, 0.2) is 6.61 Å². The predicted molar refractivity (Wildman–Crippen MR) is 78.4 cm³/mol. The van der Waals surface area contributed by atoms with E-state index in [1.54, 1.807) is 12.1 Å². The van der Waals surface area contributed by atoms with E-state index in [9.17, 15) is 9.59 Å². The average Bonchev–Trinajstić information content (AvgIpc) is 2.99. The maximum absolute atomic E-state index is 11.7. The predicted octanol–water partition coefficient (Wildman–Crippen LogP) is 2.14. The lowest BCUT2D eigenvalue weighted by Crippen LogP contribution is -2.20. The summed E-state index contributed by atoms with van der Waals surface area (Å²) in [4.78, 5) is 25.2. The molecular formula is C15H16N2O4. The Morgan fingerprint density at radius 2 is 1.90 bits per heavy atom. The summed E-state index contributed by atoms with van der Waals surface area (Å²) in [5.41, 5.74) is 1.95. The van der Waals surface area contributed by atoms with Crippen molar-refractivity contribution in [2.45, 2.75) is 0 Å². The van der Waals surface area contributed by atoms with Crippen molar-refractivity contribution in [3.8, 4) is 0 Å². The molecule has 1 heterocycles. The van der Waals surface area contributed by atoms with Gasteiger partial charge in [-0.2, -0.15) is 0 Å². The fourth-order valence-corrected chi connectivity index (χ4v) is 1.64. The zero-order valence-electron chi connectivity index (χ0n) is 11.8. The largest absolute Gasteiger partial charge is 0.472 e. The summed E-state index contributed by atoms with van der Waals surface area (Å²) < 4.78 is 9.63. The number of hydrogen-bond donors (Lipinski definition) is 1. The molecule has 1 aromatic heterocycles. The van der Waals surface area contributed by atoms with Crippen LogP contribution in [0.25, 0.3) is 0 Å². The molecule has 2 rings (SSSR count). The van der Waals surface area contributed by atoms with Crippen molar-refractivity contribution in [3.63, 3.8) is 0 Å². The molecule has 1 amide bonds. The van der Waals surface area contributed by atoms with Gasteiger partial charge in [0.2, 0.25) is 0 Å². The first kappa shape index (κ1) is 14.6. The molecule has 0 bridgehead atoms. The van der Waals surface area contributed by atoms with Crippen LogP contribution in [0.1, 0.15) is 10.4 Å². The average molecular weight is 288 g/mol. The Hall–Kier alpha value is -2.76. The molecule has 0 saturated carbocycles. The molecule has 21 heavy (non-hydrogen) atoms. The fourth-order valence-electron chi connectivity index (χ4n) is 1.64. The van der Waals surface area contributed by atoms with Crippen molar-refractivity contribution < 1.29 is 18.7 Å². The number of nitrogens with zero attached hydrogens (tertiary/aromatic N) is 1. The molecule has 2 aromatic rings. The Morgan fingerprint density at radius 1 is 1.19 bits per heavy atom. The van der Waals surface area contributed by atoms with E-state index in [1.807, 2.05) is 31.1 Å². The van der Waals surface area contributed by atoms with E-state index in [1.165, 1.54) is 18.6 Å². The minimum absolute atomic E-state index is 0.276. The zero-order valence-corrected chi connectivity index (χ0v) is 11.8. The highest BCUT2D eigenvalue weighted by Crippen LogP contribution is 2.15. The summed E-state index contributed by atoms with van der Waals surface area (Å²) in [5.74, 6) is -0.994. The molecule has 0 spiro atoms. The van der Waals surface area contributed by atoms with Crippen molar-refractivity contribution in [1.29, 1.82) is 0 Å². The van der Waals surface area contributed by atoms with Gasteiger partial charge >= 0.3 is 5.97 Å². The number of esters is 1. The van der Waals surface area contributed by atoms with Crippen molar-refractivity contribution in [2.24, 2.45) is 0 Å². The van der Waals surface area contributed by atoms with E-state index in [4.69, 9.17) is 9.15 Å². The molecule has 1 aromatic carbocycles. The minimum atomic E-state index is -0.596. The second kappa shape index (κ2) is 6.60. The van der Waals surface area contributed by atoms with Gasteiger partial charge in [0.05, 0.1) is 11.8 Å². The topological polar surface area (TPSA) is 71.8 Å². The SMILES string of the molecule is CN(C)c1ccc(NC(=O)COC(=O)c2ccoc2)cc1. The summed E-state index contributed by atoms with van der Waals surface area (Å²) in [7, 11) is 3.87. The Bertz CT molecular complexity index is 603. The van der Waals surface area contributed by atoms with Crippen LogP contribution in [0.2, 0.25) is 0 Å². The molecule has 0 aliphatic carbocycles. The van der Waals surface area contributed by atoms with E-state index in [0.29, 0.717) is 5.69 Å². The summed E-state index contributed by atoms with van der Waals surface area (Å²) >= 11 is 0. The van der Waals surface area contributed by atoms with Crippen LogP contribution >= 0.6 is 0 Å². The van der Waals surface area contributed by atoms with Crippen LogP contribution in [0.15, 0.2) is 47.3 Å². The number of carbonyl (C=O) groups is 2. The van der Waals surface area contributed by atoms with Crippen LogP contribution in [0.5, 0.6) is 0 Å². The van der Waals surface area contributed by atoms with E-state index in [-0.39, 0.29) is 12.2 Å². The Morgan fingerprint density at radius 3 is 2.48 bits per heavy atom. The quantitative estimate of drug-likeness (QED) is 0.853. The Balaban J connectivity index is 1.83. The van der Waals surface area contributed by atoms with Gasteiger partial charge < -0.3 is 19.4 Å². The van der Waals surface area contributed by atoms with Gasteiger partial charge in [-0.15, -0.1) is 0 Å². The van der Waals surface area contributed by atoms with Gasteiger partial charge in [0, 0.05) is 25.5 Å². The van der Waals surface area contributed by atoms with Crippen LogP contribution in [0.3, 0.4) is 0 Å². The van der Waals surface area contributed by atoms with E-state index < -0.39 is 11.9 Å². The second-order valence-electron chi connectivity index (χ2n) is 4.58. The maximum atomic E-state index is 11.7. The van der Waals surface area contributed by atoms with Gasteiger partial charge in [-0.1, -0.05) is 0 Å². The van der Waals surface area contributed by atoms with Gasteiger partial charge in [0.1, 0.15) is 6.26 Å². The number of nitrogens with one attached hydrogen (secondary N) is 1. The minimum Gasteiger partial charge on any atom is -0.472 e. The third-order valence-corrected chi connectivity index (χ3v) is 2.76. The normalized spacial score (nSPS) is 10.0. The maximum Gasteiger partial charge on any atom is 0.341 e. The lowest BCUT2D eigenvalue weighted by Gasteiger charge is -2.13. The van der Waals surface area contributed by atoms with Crippen molar-refractivity contribution in [3.05, 3.63) is 48.4 Å². The smallest absolute Gasteiger partial charge is 0.341 e. The molecule has 0 atom stereocenters. The highest BCUT2D eigenvalue weighted by molar-refractivity contribution is 5.95. The first-order valence-electron chi connectivity index (χ1n) is 6.33. The molecule has 0 radical (unpaired) electrons.